The first-order valence-corrected chi connectivity index (χ1v) is 8.12. The van der Waals surface area contributed by atoms with E-state index in [4.69, 9.17) is 0 Å². The molecular formula is C18H23BrN2. The Balaban J connectivity index is 2.00. The van der Waals surface area contributed by atoms with Gasteiger partial charge in [0.15, 0.2) is 0 Å². The van der Waals surface area contributed by atoms with Crippen LogP contribution in [0.1, 0.15) is 25.0 Å². The zero-order chi connectivity index (χ0) is 15.2. The summed E-state index contributed by atoms with van der Waals surface area (Å²) in [5.74, 6) is 0. The lowest BCUT2D eigenvalue weighted by molar-refractivity contribution is 0.589. The molecule has 0 aliphatic heterocycles. The summed E-state index contributed by atoms with van der Waals surface area (Å²) in [5.41, 5.74) is 3.85. The number of nitrogens with one attached hydrogen (secondary N) is 1. The van der Waals surface area contributed by atoms with Crippen molar-refractivity contribution < 1.29 is 0 Å². The van der Waals surface area contributed by atoms with E-state index in [-0.39, 0.29) is 0 Å². The van der Waals surface area contributed by atoms with Gasteiger partial charge in [-0.1, -0.05) is 60.1 Å². The van der Waals surface area contributed by atoms with E-state index in [9.17, 15) is 0 Å². The quantitative estimate of drug-likeness (QED) is 0.823. The van der Waals surface area contributed by atoms with Crippen LogP contribution in [0.5, 0.6) is 0 Å². The summed E-state index contributed by atoms with van der Waals surface area (Å²) in [6.07, 6.45) is 0. The van der Waals surface area contributed by atoms with Gasteiger partial charge >= 0.3 is 0 Å². The van der Waals surface area contributed by atoms with Gasteiger partial charge < -0.3 is 10.2 Å². The number of hydrogen-bond acceptors (Lipinski definition) is 2. The summed E-state index contributed by atoms with van der Waals surface area (Å²) >= 11 is 3.61. The number of hydrogen-bond donors (Lipinski definition) is 1. The van der Waals surface area contributed by atoms with Crippen LogP contribution < -0.4 is 10.2 Å². The van der Waals surface area contributed by atoms with Gasteiger partial charge in [0.05, 0.1) is 0 Å². The second-order valence-corrected chi connectivity index (χ2v) is 6.50. The predicted molar refractivity (Wildman–Crippen MR) is 94.7 cm³/mol. The molecule has 0 saturated heterocycles. The van der Waals surface area contributed by atoms with Gasteiger partial charge in [0, 0.05) is 36.3 Å². The van der Waals surface area contributed by atoms with E-state index in [1.165, 1.54) is 16.8 Å². The summed E-state index contributed by atoms with van der Waals surface area (Å²) in [4.78, 5) is 2.26. The van der Waals surface area contributed by atoms with E-state index in [0.29, 0.717) is 6.04 Å². The molecule has 3 heteroatoms. The molecule has 1 N–H and O–H groups in total. The van der Waals surface area contributed by atoms with Gasteiger partial charge in [0.1, 0.15) is 0 Å². The van der Waals surface area contributed by atoms with Crippen molar-refractivity contribution in [2.24, 2.45) is 0 Å². The molecule has 112 valence electrons. The van der Waals surface area contributed by atoms with Gasteiger partial charge in [-0.3, -0.25) is 0 Å². The molecular weight excluding hydrogens is 324 g/mol. The molecule has 0 amide bonds. The molecule has 0 heterocycles. The second kappa shape index (κ2) is 7.62. The monoisotopic (exact) mass is 346 g/mol. The fourth-order valence-electron chi connectivity index (χ4n) is 2.16. The molecule has 0 spiro atoms. The third-order valence-electron chi connectivity index (χ3n) is 3.46. The first kappa shape index (κ1) is 16.1. The first-order chi connectivity index (χ1) is 10.1. The minimum Gasteiger partial charge on any atom is -0.370 e. The van der Waals surface area contributed by atoms with Gasteiger partial charge in [0.25, 0.3) is 0 Å². The van der Waals surface area contributed by atoms with Crippen LogP contribution in [0.4, 0.5) is 5.69 Å². The molecule has 2 rings (SSSR count). The van der Waals surface area contributed by atoms with Gasteiger partial charge in [-0.15, -0.1) is 0 Å². The van der Waals surface area contributed by atoms with Crippen molar-refractivity contribution in [2.75, 3.05) is 11.9 Å². The van der Waals surface area contributed by atoms with Crippen molar-refractivity contribution in [1.29, 1.82) is 0 Å². The van der Waals surface area contributed by atoms with E-state index >= 15 is 0 Å². The Kier molecular flexibility index (Phi) is 5.83. The van der Waals surface area contributed by atoms with Crippen molar-refractivity contribution in [2.45, 2.75) is 33.0 Å². The summed E-state index contributed by atoms with van der Waals surface area (Å²) < 4.78 is 1.16. The van der Waals surface area contributed by atoms with Crippen LogP contribution in [-0.2, 0) is 13.1 Å². The lowest BCUT2D eigenvalue weighted by Gasteiger charge is -2.20. The SMILES string of the molecule is CC(C)NCc1ccc(N(C)Cc2ccccc2Br)cc1. The number of rotatable bonds is 6. The van der Waals surface area contributed by atoms with E-state index in [0.717, 1.165) is 17.6 Å². The predicted octanol–water partition coefficient (Wildman–Crippen LogP) is 4.58. The highest BCUT2D eigenvalue weighted by atomic mass is 79.9. The smallest absolute Gasteiger partial charge is 0.0437 e. The molecule has 0 aliphatic carbocycles. The minimum atomic E-state index is 0.516. The topological polar surface area (TPSA) is 15.3 Å². The Labute approximate surface area is 136 Å². The van der Waals surface area contributed by atoms with Crippen LogP contribution >= 0.6 is 15.9 Å². The lowest BCUT2D eigenvalue weighted by Crippen LogP contribution is -2.22. The molecule has 0 bridgehead atoms. The third kappa shape index (κ3) is 4.87. The fraction of sp³-hybridized carbons (Fsp3) is 0.333. The molecule has 0 saturated carbocycles. The van der Waals surface area contributed by atoms with Crippen molar-refractivity contribution in [3.63, 3.8) is 0 Å². The van der Waals surface area contributed by atoms with Crippen LogP contribution in [-0.4, -0.2) is 13.1 Å². The van der Waals surface area contributed by atoms with Gasteiger partial charge in [0.2, 0.25) is 0 Å². The number of anilines is 1. The van der Waals surface area contributed by atoms with Crippen LogP contribution in [0.2, 0.25) is 0 Å². The fourth-order valence-corrected chi connectivity index (χ4v) is 2.57. The van der Waals surface area contributed by atoms with Crippen molar-refractivity contribution in [3.05, 3.63) is 64.1 Å². The maximum atomic E-state index is 3.61. The average molecular weight is 347 g/mol. The Bertz CT molecular complexity index is 564. The van der Waals surface area contributed by atoms with Crippen LogP contribution in [0.25, 0.3) is 0 Å². The summed E-state index contributed by atoms with van der Waals surface area (Å²) in [5, 5.41) is 3.44. The van der Waals surface area contributed by atoms with E-state index in [1.807, 2.05) is 6.07 Å². The highest BCUT2D eigenvalue weighted by Crippen LogP contribution is 2.21. The highest BCUT2D eigenvalue weighted by molar-refractivity contribution is 9.10. The molecule has 0 fully saturated rings. The molecule has 0 aliphatic rings. The second-order valence-electron chi connectivity index (χ2n) is 5.65. The van der Waals surface area contributed by atoms with E-state index in [2.05, 4.69) is 89.5 Å². The van der Waals surface area contributed by atoms with E-state index in [1.54, 1.807) is 0 Å². The largest absolute Gasteiger partial charge is 0.370 e. The van der Waals surface area contributed by atoms with Crippen LogP contribution in [0, 0.1) is 0 Å². The summed E-state index contributed by atoms with van der Waals surface area (Å²) in [7, 11) is 2.13. The van der Waals surface area contributed by atoms with Gasteiger partial charge in [-0.25, -0.2) is 0 Å². The minimum absolute atomic E-state index is 0.516. The Morgan fingerprint density at radius 3 is 2.33 bits per heavy atom. The zero-order valence-corrected chi connectivity index (χ0v) is 14.5. The van der Waals surface area contributed by atoms with Gasteiger partial charge in [-0.05, 0) is 29.3 Å². The average Bonchev–Trinajstić information content (AvgIpc) is 2.48. The Morgan fingerprint density at radius 1 is 1.05 bits per heavy atom. The molecule has 0 unspecified atom stereocenters. The number of benzene rings is 2. The Morgan fingerprint density at radius 2 is 1.71 bits per heavy atom. The number of halogens is 1. The summed E-state index contributed by atoms with van der Waals surface area (Å²) in [6, 6.07) is 17.7. The first-order valence-electron chi connectivity index (χ1n) is 7.33. The normalized spacial score (nSPS) is 10.9. The third-order valence-corrected chi connectivity index (χ3v) is 4.23. The zero-order valence-electron chi connectivity index (χ0n) is 12.9. The Hall–Kier alpha value is -1.32. The molecule has 0 aromatic heterocycles. The highest BCUT2D eigenvalue weighted by Gasteiger charge is 2.05. The molecule has 0 atom stereocenters. The molecule has 0 radical (unpaired) electrons. The maximum absolute atomic E-state index is 3.61. The molecule has 21 heavy (non-hydrogen) atoms. The molecule has 2 aromatic carbocycles. The standard InChI is InChI=1S/C18H23BrN2/c1-14(2)20-12-15-8-10-17(11-9-15)21(3)13-16-6-4-5-7-18(16)19/h4-11,14,20H,12-13H2,1-3H3. The number of nitrogens with zero attached hydrogens (tertiary/aromatic N) is 1. The van der Waals surface area contributed by atoms with Crippen molar-refractivity contribution in [3.8, 4) is 0 Å². The van der Waals surface area contributed by atoms with Gasteiger partial charge in [-0.2, -0.15) is 0 Å². The van der Waals surface area contributed by atoms with Crippen LogP contribution in [0.3, 0.4) is 0 Å². The van der Waals surface area contributed by atoms with E-state index < -0.39 is 0 Å². The maximum Gasteiger partial charge on any atom is 0.0437 e. The molecule has 2 nitrogen and oxygen atoms in total. The molecule has 2 aromatic rings. The van der Waals surface area contributed by atoms with Crippen molar-refractivity contribution >= 4 is 21.6 Å². The summed E-state index contributed by atoms with van der Waals surface area (Å²) in [6.45, 7) is 6.15. The lowest BCUT2D eigenvalue weighted by atomic mass is 10.1. The van der Waals surface area contributed by atoms with Crippen LogP contribution in [0.15, 0.2) is 53.0 Å². The van der Waals surface area contributed by atoms with Crippen molar-refractivity contribution in [1.82, 2.24) is 5.32 Å².